The lowest BCUT2D eigenvalue weighted by atomic mass is 9.96. The topological polar surface area (TPSA) is 70.2 Å². The summed E-state index contributed by atoms with van der Waals surface area (Å²) < 4.78 is 5.58. The summed E-state index contributed by atoms with van der Waals surface area (Å²) in [5.41, 5.74) is 2.64. The summed E-state index contributed by atoms with van der Waals surface area (Å²) >= 11 is 6.07. The van der Waals surface area contributed by atoms with Gasteiger partial charge in [0.2, 0.25) is 5.91 Å². The van der Waals surface area contributed by atoms with Crippen LogP contribution in [0, 0.1) is 0 Å². The Balaban J connectivity index is 1.32. The normalized spacial score (nSPS) is 15.5. The smallest absolute Gasteiger partial charge is 0.238 e. The van der Waals surface area contributed by atoms with E-state index in [2.05, 4.69) is 15.2 Å². The fourth-order valence-corrected chi connectivity index (χ4v) is 3.98. The standard InChI is InChI=1S/C22H25ClN4O2/c1-2-29-20-6-4-3-5-18(20)24-21(28)14-27-11-9-15(10-12-27)22-25-17-8-7-16(23)13-19(17)26-22/h3-8,13,15H,2,9-12,14H2,1H3,(H,24,28)(H,25,26). The largest absolute Gasteiger partial charge is 0.492 e. The third-order valence-corrected chi connectivity index (χ3v) is 5.50. The molecule has 1 amide bonds. The Morgan fingerprint density at radius 1 is 1.28 bits per heavy atom. The molecule has 2 N–H and O–H groups in total. The zero-order valence-electron chi connectivity index (χ0n) is 16.5. The van der Waals surface area contributed by atoms with Crippen LogP contribution in [0.5, 0.6) is 5.75 Å². The number of aromatic nitrogens is 2. The number of nitrogens with zero attached hydrogens (tertiary/aromatic N) is 2. The number of H-pyrrole nitrogens is 1. The lowest BCUT2D eigenvalue weighted by Crippen LogP contribution is -2.39. The van der Waals surface area contributed by atoms with E-state index in [1.807, 2.05) is 49.4 Å². The second-order valence-electron chi connectivity index (χ2n) is 7.31. The van der Waals surface area contributed by atoms with Crippen LogP contribution in [-0.2, 0) is 4.79 Å². The number of amides is 1. The van der Waals surface area contributed by atoms with Gasteiger partial charge in [0.25, 0.3) is 0 Å². The first-order valence-corrected chi connectivity index (χ1v) is 10.4. The summed E-state index contributed by atoms with van der Waals surface area (Å²) in [5, 5.41) is 3.68. The molecular weight excluding hydrogens is 388 g/mol. The van der Waals surface area contributed by atoms with Crippen molar-refractivity contribution in [3.8, 4) is 5.75 Å². The molecule has 152 valence electrons. The van der Waals surface area contributed by atoms with E-state index in [9.17, 15) is 4.79 Å². The monoisotopic (exact) mass is 412 g/mol. The van der Waals surface area contributed by atoms with E-state index in [1.165, 1.54) is 0 Å². The number of imidazole rings is 1. The van der Waals surface area contributed by atoms with Crippen LogP contribution < -0.4 is 10.1 Å². The van der Waals surface area contributed by atoms with Gasteiger partial charge >= 0.3 is 0 Å². The van der Waals surface area contributed by atoms with Gasteiger partial charge in [-0.05, 0) is 63.2 Å². The maximum absolute atomic E-state index is 12.5. The molecular formula is C22H25ClN4O2. The zero-order valence-corrected chi connectivity index (χ0v) is 17.2. The minimum atomic E-state index is -0.0195. The summed E-state index contributed by atoms with van der Waals surface area (Å²) in [7, 11) is 0. The molecule has 1 aliphatic heterocycles. The number of hydrogen-bond donors (Lipinski definition) is 2. The summed E-state index contributed by atoms with van der Waals surface area (Å²) in [6, 6.07) is 13.2. The van der Waals surface area contributed by atoms with Crippen LogP contribution in [0.15, 0.2) is 42.5 Å². The predicted molar refractivity (Wildman–Crippen MR) is 116 cm³/mol. The molecule has 0 bridgehead atoms. The van der Waals surface area contributed by atoms with Crippen LogP contribution in [-0.4, -0.2) is 47.0 Å². The lowest BCUT2D eigenvalue weighted by Gasteiger charge is -2.30. The van der Waals surface area contributed by atoms with Gasteiger partial charge < -0.3 is 15.0 Å². The van der Waals surface area contributed by atoms with E-state index in [0.29, 0.717) is 29.8 Å². The van der Waals surface area contributed by atoms with Crippen molar-refractivity contribution in [2.45, 2.75) is 25.7 Å². The molecule has 1 aromatic heterocycles. The number of likely N-dealkylation sites (tertiary alicyclic amines) is 1. The van der Waals surface area contributed by atoms with E-state index < -0.39 is 0 Å². The number of hydrogen-bond acceptors (Lipinski definition) is 4. The van der Waals surface area contributed by atoms with E-state index in [-0.39, 0.29) is 5.91 Å². The average molecular weight is 413 g/mol. The number of benzene rings is 2. The number of aromatic amines is 1. The molecule has 6 nitrogen and oxygen atoms in total. The first-order valence-electron chi connectivity index (χ1n) is 10.0. The number of para-hydroxylation sites is 2. The van der Waals surface area contributed by atoms with Crippen LogP contribution in [0.1, 0.15) is 31.5 Å². The summed E-state index contributed by atoms with van der Waals surface area (Å²) in [6.07, 6.45) is 1.94. The van der Waals surface area contributed by atoms with Gasteiger partial charge in [-0.2, -0.15) is 0 Å². The number of carbonyl (C=O) groups excluding carboxylic acids is 1. The fraction of sp³-hybridized carbons (Fsp3) is 0.364. The maximum Gasteiger partial charge on any atom is 0.238 e. The first kappa shape index (κ1) is 19.7. The second kappa shape index (κ2) is 8.84. The summed E-state index contributed by atoms with van der Waals surface area (Å²) in [5.74, 6) is 2.07. The molecule has 0 radical (unpaired) electrons. The highest BCUT2D eigenvalue weighted by Crippen LogP contribution is 2.29. The van der Waals surface area contributed by atoms with Gasteiger partial charge in [0.15, 0.2) is 0 Å². The van der Waals surface area contributed by atoms with Gasteiger partial charge in [-0.1, -0.05) is 23.7 Å². The predicted octanol–water partition coefficient (Wildman–Crippen LogP) is 4.43. The number of halogens is 1. The molecule has 0 unspecified atom stereocenters. The third kappa shape index (κ3) is 4.71. The molecule has 1 saturated heterocycles. The van der Waals surface area contributed by atoms with Crippen molar-refractivity contribution in [1.29, 1.82) is 0 Å². The maximum atomic E-state index is 12.5. The number of ether oxygens (including phenoxy) is 1. The summed E-state index contributed by atoms with van der Waals surface area (Å²) in [6.45, 7) is 4.60. The van der Waals surface area contributed by atoms with E-state index in [1.54, 1.807) is 0 Å². The Hall–Kier alpha value is -2.57. The number of anilines is 1. The Morgan fingerprint density at radius 3 is 2.86 bits per heavy atom. The van der Waals surface area contributed by atoms with Crippen molar-refractivity contribution in [2.75, 3.05) is 31.6 Å². The fourth-order valence-electron chi connectivity index (χ4n) is 3.80. The Kier molecular flexibility index (Phi) is 6.02. The Bertz CT molecular complexity index is 995. The highest BCUT2D eigenvalue weighted by Gasteiger charge is 2.24. The Labute approximate surface area is 175 Å². The molecule has 0 atom stereocenters. The molecule has 1 fully saturated rings. The van der Waals surface area contributed by atoms with Crippen LogP contribution in [0.4, 0.5) is 5.69 Å². The van der Waals surface area contributed by atoms with Gasteiger partial charge in [-0.3, -0.25) is 9.69 Å². The number of fused-ring (bicyclic) bond motifs is 1. The highest BCUT2D eigenvalue weighted by atomic mass is 35.5. The van der Waals surface area contributed by atoms with Crippen LogP contribution >= 0.6 is 11.6 Å². The van der Waals surface area contributed by atoms with Crippen molar-refractivity contribution in [2.24, 2.45) is 0 Å². The van der Waals surface area contributed by atoms with Gasteiger partial charge in [0, 0.05) is 10.9 Å². The van der Waals surface area contributed by atoms with Gasteiger partial charge in [0.05, 0.1) is 29.9 Å². The van der Waals surface area contributed by atoms with Crippen molar-refractivity contribution in [3.63, 3.8) is 0 Å². The summed E-state index contributed by atoms with van der Waals surface area (Å²) in [4.78, 5) is 22.8. The van der Waals surface area contributed by atoms with E-state index >= 15 is 0 Å². The third-order valence-electron chi connectivity index (χ3n) is 5.26. The number of carbonyl (C=O) groups is 1. The second-order valence-corrected chi connectivity index (χ2v) is 7.75. The molecule has 7 heteroatoms. The van der Waals surface area contributed by atoms with Gasteiger partial charge in [0.1, 0.15) is 11.6 Å². The molecule has 2 aromatic carbocycles. The lowest BCUT2D eigenvalue weighted by molar-refractivity contribution is -0.117. The quantitative estimate of drug-likeness (QED) is 0.628. The van der Waals surface area contributed by atoms with Crippen LogP contribution in [0.25, 0.3) is 11.0 Å². The molecule has 0 spiro atoms. The van der Waals surface area contributed by atoms with Gasteiger partial charge in [-0.25, -0.2) is 4.98 Å². The molecule has 3 aromatic rings. The minimum Gasteiger partial charge on any atom is -0.492 e. The van der Waals surface area contributed by atoms with Crippen molar-refractivity contribution < 1.29 is 9.53 Å². The average Bonchev–Trinajstić information content (AvgIpc) is 3.13. The van der Waals surface area contributed by atoms with Crippen LogP contribution in [0.3, 0.4) is 0 Å². The number of nitrogens with one attached hydrogen (secondary N) is 2. The number of piperidine rings is 1. The van der Waals surface area contributed by atoms with E-state index in [0.717, 1.165) is 48.5 Å². The van der Waals surface area contributed by atoms with Crippen molar-refractivity contribution in [1.82, 2.24) is 14.9 Å². The molecule has 1 aliphatic rings. The molecule has 0 aliphatic carbocycles. The van der Waals surface area contributed by atoms with Crippen molar-refractivity contribution in [3.05, 3.63) is 53.3 Å². The van der Waals surface area contributed by atoms with Crippen LogP contribution in [0.2, 0.25) is 5.02 Å². The zero-order chi connectivity index (χ0) is 20.2. The molecule has 2 heterocycles. The molecule has 4 rings (SSSR count). The van der Waals surface area contributed by atoms with E-state index in [4.69, 9.17) is 21.3 Å². The minimum absolute atomic E-state index is 0.0195. The molecule has 0 saturated carbocycles. The van der Waals surface area contributed by atoms with Crippen molar-refractivity contribution >= 4 is 34.2 Å². The molecule has 29 heavy (non-hydrogen) atoms. The van der Waals surface area contributed by atoms with Gasteiger partial charge in [-0.15, -0.1) is 0 Å². The SMILES string of the molecule is CCOc1ccccc1NC(=O)CN1CCC(c2nc3ccc(Cl)cc3[nH]2)CC1. The highest BCUT2D eigenvalue weighted by molar-refractivity contribution is 6.31. The number of rotatable bonds is 6. The first-order chi connectivity index (χ1) is 14.1. The Morgan fingerprint density at radius 2 is 2.07 bits per heavy atom.